The van der Waals surface area contributed by atoms with Crippen molar-refractivity contribution in [3.63, 3.8) is 0 Å². The number of carbonyl (C=O) groups is 1. The maximum absolute atomic E-state index is 12.6. The molecule has 0 unspecified atom stereocenters. The number of hydrogen-bond donors (Lipinski definition) is 1. The Bertz CT molecular complexity index is 908. The molecule has 1 aliphatic carbocycles. The van der Waals surface area contributed by atoms with Crippen LogP contribution in [0.15, 0.2) is 29.1 Å². The molecule has 0 spiro atoms. The van der Waals surface area contributed by atoms with Crippen molar-refractivity contribution in [3.05, 3.63) is 45.6 Å². The Morgan fingerprint density at radius 1 is 1.14 bits per heavy atom. The van der Waals surface area contributed by atoms with Crippen LogP contribution < -0.4 is 11.0 Å². The zero-order valence-corrected chi connectivity index (χ0v) is 16.9. The molecule has 150 valence electrons. The highest BCUT2D eigenvalue weighted by molar-refractivity contribution is 6.33. The summed E-state index contributed by atoms with van der Waals surface area (Å²) in [5.41, 5.74) is 0.608. The summed E-state index contributed by atoms with van der Waals surface area (Å²) in [6.07, 6.45) is 6.06. The number of benzene rings is 1. The van der Waals surface area contributed by atoms with Crippen LogP contribution in [-0.2, 0) is 7.05 Å². The Morgan fingerprint density at radius 3 is 2.50 bits per heavy atom. The molecule has 1 aromatic carbocycles. The number of para-hydroxylation sites is 1. The molecule has 7 nitrogen and oxygen atoms in total. The van der Waals surface area contributed by atoms with Crippen molar-refractivity contribution in [1.29, 1.82) is 0 Å². The number of amides is 2. The fourth-order valence-electron chi connectivity index (χ4n) is 4.38. The Hall–Kier alpha value is -2.28. The zero-order valence-electron chi connectivity index (χ0n) is 16.1. The van der Waals surface area contributed by atoms with Crippen LogP contribution in [0.25, 0.3) is 0 Å². The molecular weight excluding hydrogens is 378 g/mol. The SMILES string of the molecule is Cn1nc(C2CCN(C(=O)Nc3ccccc3Cl)CC2)n(C2CCCC2)c1=O. The summed E-state index contributed by atoms with van der Waals surface area (Å²) in [6, 6.07) is 7.36. The highest BCUT2D eigenvalue weighted by Crippen LogP contribution is 2.33. The molecule has 2 aliphatic rings. The first-order valence-electron chi connectivity index (χ1n) is 10.0. The van der Waals surface area contributed by atoms with Crippen LogP contribution in [0.3, 0.4) is 0 Å². The number of anilines is 1. The molecule has 2 amide bonds. The van der Waals surface area contributed by atoms with Crippen LogP contribution >= 0.6 is 11.6 Å². The molecule has 0 bridgehead atoms. The Kier molecular flexibility index (Phi) is 5.44. The molecule has 4 rings (SSSR count). The van der Waals surface area contributed by atoms with Crippen LogP contribution in [0.2, 0.25) is 5.02 Å². The van der Waals surface area contributed by atoms with E-state index in [0.717, 1.165) is 31.5 Å². The van der Waals surface area contributed by atoms with Gasteiger partial charge in [-0.2, -0.15) is 5.10 Å². The van der Waals surface area contributed by atoms with E-state index in [4.69, 9.17) is 11.6 Å². The van der Waals surface area contributed by atoms with Crippen LogP contribution in [0.5, 0.6) is 0 Å². The summed E-state index contributed by atoms with van der Waals surface area (Å²) in [7, 11) is 1.73. The number of aryl methyl sites for hydroxylation is 1. The second kappa shape index (κ2) is 7.99. The van der Waals surface area contributed by atoms with Gasteiger partial charge in [0.05, 0.1) is 10.7 Å². The number of nitrogens with one attached hydrogen (secondary N) is 1. The van der Waals surface area contributed by atoms with Crippen molar-refractivity contribution in [2.75, 3.05) is 18.4 Å². The summed E-state index contributed by atoms with van der Waals surface area (Å²) < 4.78 is 3.39. The van der Waals surface area contributed by atoms with Crippen molar-refractivity contribution in [2.24, 2.45) is 7.05 Å². The molecule has 1 aromatic heterocycles. The third kappa shape index (κ3) is 3.68. The van der Waals surface area contributed by atoms with Gasteiger partial charge in [-0.15, -0.1) is 0 Å². The average Bonchev–Trinajstić information content (AvgIpc) is 3.32. The van der Waals surface area contributed by atoms with Gasteiger partial charge in [-0.25, -0.2) is 14.3 Å². The summed E-state index contributed by atoms with van der Waals surface area (Å²) in [5, 5.41) is 7.97. The molecule has 8 heteroatoms. The smallest absolute Gasteiger partial charge is 0.324 e. The predicted octanol–water partition coefficient (Wildman–Crippen LogP) is 3.76. The lowest BCUT2D eigenvalue weighted by Gasteiger charge is -2.32. The molecule has 0 radical (unpaired) electrons. The number of piperidine rings is 1. The largest absolute Gasteiger partial charge is 0.345 e. The minimum absolute atomic E-state index is 0.0132. The van der Waals surface area contributed by atoms with Crippen molar-refractivity contribution >= 4 is 23.3 Å². The first-order valence-corrected chi connectivity index (χ1v) is 10.4. The molecule has 2 aromatic rings. The van der Waals surface area contributed by atoms with Crippen molar-refractivity contribution < 1.29 is 4.79 Å². The fraction of sp³-hybridized carbons (Fsp3) is 0.550. The van der Waals surface area contributed by atoms with E-state index in [0.29, 0.717) is 23.8 Å². The number of likely N-dealkylation sites (tertiary alicyclic amines) is 1. The van der Waals surface area contributed by atoms with Gasteiger partial charge in [-0.3, -0.25) is 4.57 Å². The number of halogens is 1. The van der Waals surface area contributed by atoms with E-state index in [9.17, 15) is 9.59 Å². The molecule has 2 fully saturated rings. The summed E-state index contributed by atoms with van der Waals surface area (Å²) in [4.78, 5) is 27.0. The first-order chi connectivity index (χ1) is 13.5. The van der Waals surface area contributed by atoms with Gasteiger partial charge in [0.25, 0.3) is 0 Å². The van der Waals surface area contributed by atoms with E-state index in [2.05, 4.69) is 10.4 Å². The highest BCUT2D eigenvalue weighted by Gasteiger charge is 2.31. The van der Waals surface area contributed by atoms with Crippen LogP contribution in [0, 0.1) is 0 Å². The maximum Gasteiger partial charge on any atom is 0.345 e. The lowest BCUT2D eigenvalue weighted by atomic mass is 9.95. The molecule has 28 heavy (non-hydrogen) atoms. The Labute approximate surface area is 169 Å². The zero-order chi connectivity index (χ0) is 19.7. The topological polar surface area (TPSA) is 72.2 Å². The number of aromatic nitrogens is 3. The molecule has 0 atom stereocenters. The number of rotatable bonds is 3. The van der Waals surface area contributed by atoms with Gasteiger partial charge in [0, 0.05) is 32.1 Å². The van der Waals surface area contributed by atoms with Gasteiger partial charge in [0.15, 0.2) is 0 Å². The van der Waals surface area contributed by atoms with Gasteiger partial charge in [0.2, 0.25) is 0 Å². The van der Waals surface area contributed by atoms with E-state index in [-0.39, 0.29) is 23.7 Å². The Balaban J connectivity index is 1.43. The van der Waals surface area contributed by atoms with Crippen molar-refractivity contribution in [2.45, 2.75) is 50.5 Å². The van der Waals surface area contributed by atoms with Gasteiger partial charge < -0.3 is 10.2 Å². The van der Waals surface area contributed by atoms with Crippen LogP contribution in [-0.4, -0.2) is 38.4 Å². The van der Waals surface area contributed by atoms with E-state index in [1.165, 1.54) is 17.5 Å². The molecule has 2 heterocycles. The van der Waals surface area contributed by atoms with Gasteiger partial charge in [0.1, 0.15) is 5.82 Å². The lowest BCUT2D eigenvalue weighted by Crippen LogP contribution is -2.41. The predicted molar refractivity (Wildman–Crippen MR) is 109 cm³/mol. The van der Waals surface area contributed by atoms with Crippen LogP contribution in [0.1, 0.15) is 56.3 Å². The second-order valence-electron chi connectivity index (χ2n) is 7.74. The lowest BCUT2D eigenvalue weighted by molar-refractivity contribution is 0.192. The summed E-state index contributed by atoms with van der Waals surface area (Å²) in [5.74, 6) is 1.10. The number of hydrogen-bond acceptors (Lipinski definition) is 3. The van der Waals surface area contributed by atoms with Gasteiger partial charge in [-0.1, -0.05) is 36.6 Å². The van der Waals surface area contributed by atoms with Gasteiger partial charge in [-0.05, 0) is 37.8 Å². The van der Waals surface area contributed by atoms with Crippen molar-refractivity contribution in [1.82, 2.24) is 19.2 Å². The molecule has 1 aliphatic heterocycles. The van der Waals surface area contributed by atoms with E-state index < -0.39 is 0 Å². The maximum atomic E-state index is 12.6. The second-order valence-corrected chi connectivity index (χ2v) is 8.15. The number of nitrogens with zero attached hydrogens (tertiary/aromatic N) is 4. The van der Waals surface area contributed by atoms with Gasteiger partial charge >= 0.3 is 11.7 Å². The summed E-state index contributed by atoms with van der Waals surface area (Å²) in [6.45, 7) is 1.27. The van der Waals surface area contributed by atoms with Crippen molar-refractivity contribution in [3.8, 4) is 0 Å². The number of carbonyl (C=O) groups excluding carboxylic acids is 1. The van der Waals surface area contributed by atoms with E-state index in [1.807, 2.05) is 16.7 Å². The first kappa shape index (κ1) is 19.1. The third-order valence-electron chi connectivity index (χ3n) is 5.93. The van der Waals surface area contributed by atoms with E-state index in [1.54, 1.807) is 24.1 Å². The molecular formula is C20H26ClN5O2. The Morgan fingerprint density at radius 2 is 1.82 bits per heavy atom. The highest BCUT2D eigenvalue weighted by atomic mass is 35.5. The van der Waals surface area contributed by atoms with E-state index >= 15 is 0 Å². The fourth-order valence-corrected chi connectivity index (χ4v) is 4.56. The molecule has 1 N–H and O–H groups in total. The standard InChI is InChI=1S/C20H26ClN5O2/c1-24-20(28)26(15-6-2-3-7-15)18(23-24)14-10-12-25(13-11-14)19(27)22-17-9-5-4-8-16(17)21/h4-5,8-9,14-15H,2-3,6-7,10-13H2,1H3,(H,22,27). The normalized spacial score (nSPS) is 18.6. The minimum atomic E-state index is -0.138. The molecule has 1 saturated carbocycles. The van der Waals surface area contributed by atoms with Crippen LogP contribution in [0.4, 0.5) is 10.5 Å². The number of urea groups is 1. The monoisotopic (exact) mass is 403 g/mol. The summed E-state index contributed by atoms with van der Waals surface area (Å²) >= 11 is 6.13. The minimum Gasteiger partial charge on any atom is -0.324 e. The quantitative estimate of drug-likeness (QED) is 0.847. The third-order valence-corrected chi connectivity index (χ3v) is 6.26. The average molecular weight is 404 g/mol. The molecule has 1 saturated heterocycles.